The number of carbonyl (C=O) groups excluding carboxylic acids is 2. The molecule has 7 heteroatoms. The van der Waals surface area contributed by atoms with E-state index in [9.17, 15) is 9.59 Å². The van der Waals surface area contributed by atoms with Gasteiger partial charge in [0.1, 0.15) is 10.6 Å². The first kappa shape index (κ1) is 17.7. The summed E-state index contributed by atoms with van der Waals surface area (Å²) in [5.41, 5.74) is 0.0277. The van der Waals surface area contributed by atoms with Gasteiger partial charge >= 0.3 is 0 Å². The number of rotatable bonds is 3. The lowest BCUT2D eigenvalue weighted by Gasteiger charge is -2.34. The van der Waals surface area contributed by atoms with Crippen molar-refractivity contribution in [2.45, 2.75) is 51.5 Å². The van der Waals surface area contributed by atoms with Crippen LogP contribution in [0.1, 0.15) is 31.5 Å². The molecule has 0 saturated carbocycles. The first-order chi connectivity index (χ1) is 12.1. The highest BCUT2D eigenvalue weighted by molar-refractivity contribution is 7.09. The lowest BCUT2D eigenvalue weighted by molar-refractivity contribution is -0.144. The Kier molecular flexibility index (Phi) is 3.83. The number of aromatic nitrogens is 1. The molecule has 3 aliphatic rings. The first-order valence-electron chi connectivity index (χ1n) is 8.97. The van der Waals surface area contributed by atoms with Crippen LogP contribution in [0.15, 0.2) is 17.5 Å². The van der Waals surface area contributed by atoms with Crippen molar-refractivity contribution in [1.29, 1.82) is 0 Å². The number of fused-ring (bicyclic) bond motifs is 1. The van der Waals surface area contributed by atoms with E-state index in [0.717, 1.165) is 10.7 Å². The van der Waals surface area contributed by atoms with Gasteiger partial charge in [-0.2, -0.15) is 0 Å². The first-order valence-corrected chi connectivity index (χ1v) is 9.85. The van der Waals surface area contributed by atoms with Gasteiger partial charge in [0.15, 0.2) is 0 Å². The molecular formula is C19H25N3O3S. The van der Waals surface area contributed by atoms with Gasteiger partial charge in [-0.1, -0.05) is 12.2 Å². The Labute approximate surface area is 157 Å². The van der Waals surface area contributed by atoms with Crippen LogP contribution in [0.4, 0.5) is 0 Å². The van der Waals surface area contributed by atoms with Gasteiger partial charge in [-0.3, -0.25) is 9.59 Å². The van der Waals surface area contributed by atoms with Gasteiger partial charge < -0.3 is 14.5 Å². The van der Waals surface area contributed by atoms with Gasteiger partial charge in [-0.05, 0) is 27.7 Å². The van der Waals surface area contributed by atoms with Crippen LogP contribution >= 0.6 is 11.3 Å². The van der Waals surface area contributed by atoms with E-state index in [2.05, 4.69) is 4.98 Å². The van der Waals surface area contributed by atoms with E-state index in [-0.39, 0.29) is 23.5 Å². The molecule has 4 atom stereocenters. The number of nitrogens with zero attached hydrogens (tertiary/aromatic N) is 3. The van der Waals surface area contributed by atoms with Gasteiger partial charge in [-0.15, -0.1) is 11.3 Å². The predicted octanol–water partition coefficient (Wildman–Crippen LogP) is 1.99. The van der Waals surface area contributed by atoms with Gasteiger partial charge in [-0.25, -0.2) is 4.98 Å². The van der Waals surface area contributed by atoms with Gasteiger partial charge in [0.05, 0.1) is 31.0 Å². The number of thiazole rings is 1. The van der Waals surface area contributed by atoms with Crippen molar-refractivity contribution in [2.75, 3.05) is 13.6 Å². The lowest BCUT2D eigenvalue weighted by atomic mass is 9.76. The molecule has 0 aliphatic carbocycles. The average molecular weight is 375 g/mol. The molecule has 4 heterocycles. The summed E-state index contributed by atoms with van der Waals surface area (Å²) >= 11 is 1.55. The summed E-state index contributed by atoms with van der Waals surface area (Å²) in [6, 6.07) is 0. The third-order valence-corrected chi connectivity index (χ3v) is 6.56. The average Bonchev–Trinajstić information content (AvgIpc) is 3.27. The summed E-state index contributed by atoms with van der Waals surface area (Å²) in [4.78, 5) is 34.3. The highest BCUT2D eigenvalue weighted by Crippen LogP contribution is 2.53. The minimum Gasteiger partial charge on any atom is -0.360 e. The molecule has 26 heavy (non-hydrogen) atoms. The molecule has 1 aromatic rings. The number of likely N-dealkylation sites (tertiary alicyclic amines) is 1. The zero-order valence-electron chi connectivity index (χ0n) is 15.9. The molecule has 1 aromatic heterocycles. The molecule has 3 aliphatic heterocycles. The van der Waals surface area contributed by atoms with Crippen LogP contribution in [0.2, 0.25) is 0 Å². The lowest BCUT2D eigenvalue weighted by Crippen LogP contribution is -2.47. The Morgan fingerprint density at radius 2 is 2.23 bits per heavy atom. The summed E-state index contributed by atoms with van der Waals surface area (Å²) in [5.74, 6) is -0.889. The molecular weight excluding hydrogens is 350 g/mol. The van der Waals surface area contributed by atoms with Crippen molar-refractivity contribution in [3.05, 3.63) is 28.2 Å². The van der Waals surface area contributed by atoms with Crippen LogP contribution in [-0.2, 0) is 20.9 Å². The molecule has 2 amide bonds. The van der Waals surface area contributed by atoms with Crippen LogP contribution in [0.5, 0.6) is 0 Å². The number of carbonyl (C=O) groups is 2. The molecule has 2 fully saturated rings. The third kappa shape index (κ3) is 2.52. The van der Waals surface area contributed by atoms with E-state index in [1.807, 2.05) is 50.1 Å². The number of hydrogen-bond donors (Lipinski definition) is 0. The quantitative estimate of drug-likeness (QED) is 0.758. The van der Waals surface area contributed by atoms with Crippen molar-refractivity contribution in [3.8, 4) is 0 Å². The maximum atomic E-state index is 13.2. The van der Waals surface area contributed by atoms with Gasteiger partial charge in [0, 0.05) is 23.7 Å². The standard InChI is InChI=1S/C19H25N3O3S/c1-11-9-26-13(20-11)8-21(5)16(23)14-12-6-7-19(25-12)10-22(18(2,3)4)17(24)15(14)19/h6-7,9,12,14-15H,8,10H2,1-5H3/t12-,14+,15-,19-/m0/s1. The Morgan fingerprint density at radius 1 is 1.50 bits per heavy atom. The maximum absolute atomic E-state index is 13.2. The molecule has 1 spiro atoms. The molecule has 6 nitrogen and oxygen atoms in total. The molecule has 2 saturated heterocycles. The van der Waals surface area contributed by atoms with Crippen LogP contribution < -0.4 is 0 Å². The molecule has 0 N–H and O–H groups in total. The summed E-state index contributed by atoms with van der Waals surface area (Å²) in [7, 11) is 1.78. The fourth-order valence-corrected chi connectivity index (χ4v) is 5.18. The Bertz CT molecular complexity index is 796. The highest BCUT2D eigenvalue weighted by atomic mass is 32.1. The van der Waals surface area contributed by atoms with Crippen molar-refractivity contribution in [2.24, 2.45) is 11.8 Å². The molecule has 0 radical (unpaired) electrons. The minimum absolute atomic E-state index is 0.0289. The molecule has 0 aromatic carbocycles. The largest absolute Gasteiger partial charge is 0.360 e. The fourth-order valence-electron chi connectivity index (χ4n) is 4.36. The van der Waals surface area contributed by atoms with Crippen molar-refractivity contribution in [1.82, 2.24) is 14.8 Å². The monoisotopic (exact) mass is 375 g/mol. The molecule has 4 rings (SSSR count). The van der Waals surface area contributed by atoms with Crippen molar-refractivity contribution >= 4 is 23.2 Å². The second-order valence-corrected chi connectivity index (χ2v) is 9.51. The number of hydrogen-bond acceptors (Lipinski definition) is 5. The molecule has 0 unspecified atom stereocenters. The smallest absolute Gasteiger partial charge is 0.230 e. The Morgan fingerprint density at radius 3 is 2.85 bits per heavy atom. The van der Waals surface area contributed by atoms with E-state index in [0.29, 0.717) is 13.1 Å². The van der Waals surface area contributed by atoms with Gasteiger partial charge in [0.2, 0.25) is 11.8 Å². The minimum atomic E-state index is -0.645. The Hall–Kier alpha value is -1.73. The fraction of sp³-hybridized carbons (Fsp3) is 0.632. The van der Waals surface area contributed by atoms with Crippen molar-refractivity contribution in [3.63, 3.8) is 0 Å². The maximum Gasteiger partial charge on any atom is 0.230 e. The predicted molar refractivity (Wildman–Crippen MR) is 98.5 cm³/mol. The summed E-state index contributed by atoms with van der Waals surface area (Å²) in [6.07, 6.45) is 3.65. The summed E-state index contributed by atoms with van der Waals surface area (Å²) in [5, 5.41) is 2.88. The van der Waals surface area contributed by atoms with Gasteiger partial charge in [0.25, 0.3) is 0 Å². The van der Waals surface area contributed by atoms with Crippen LogP contribution in [-0.4, -0.2) is 57.4 Å². The second-order valence-electron chi connectivity index (χ2n) is 8.57. The third-order valence-electron chi connectivity index (χ3n) is 5.61. The molecule has 140 valence electrons. The number of amides is 2. The van der Waals surface area contributed by atoms with E-state index < -0.39 is 17.4 Å². The zero-order valence-corrected chi connectivity index (χ0v) is 16.7. The van der Waals surface area contributed by atoms with Crippen molar-refractivity contribution < 1.29 is 14.3 Å². The topological polar surface area (TPSA) is 62.7 Å². The van der Waals surface area contributed by atoms with E-state index in [1.54, 1.807) is 23.3 Å². The molecule has 2 bridgehead atoms. The van der Waals surface area contributed by atoms with E-state index in [4.69, 9.17) is 4.74 Å². The zero-order chi connectivity index (χ0) is 18.9. The normalized spacial score (nSPS) is 32.4. The highest BCUT2D eigenvalue weighted by Gasteiger charge is 2.68. The number of ether oxygens (including phenoxy) is 1. The SMILES string of the molecule is Cc1csc(CN(C)C(=O)[C@@H]2[C@@H]3C=C[C@@]4(CN(C(C)(C)C)C(=O)[C@H]24)O3)n1. The van der Waals surface area contributed by atoms with Crippen LogP contribution in [0.25, 0.3) is 0 Å². The van der Waals surface area contributed by atoms with Crippen LogP contribution in [0, 0.1) is 18.8 Å². The van der Waals surface area contributed by atoms with E-state index in [1.165, 1.54) is 0 Å². The second kappa shape index (κ2) is 5.63. The Balaban J connectivity index is 1.58. The number of aryl methyl sites for hydroxylation is 1. The van der Waals surface area contributed by atoms with E-state index >= 15 is 0 Å². The van der Waals surface area contributed by atoms with Crippen LogP contribution in [0.3, 0.4) is 0 Å². The summed E-state index contributed by atoms with van der Waals surface area (Å²) in [6.45, 7) is 8.98. The summed E-state index contributed by atoms with van der Waals surface area (Å²) < 4.78 is 6.18.